The standard InChI is InChI=1S/C15H22ClNO2/c1-15(2)5-4-6-17(10-15)9-11-7-12(16)14(18)13(8-11)19-3/h7-8,18H,4-6,9-10H2,1-3H3. The van der Waals surface area contributed by atoms with Crippen LogP contribution < -0.4 is 4.74 Å². The number of nitrogens with zero attached hydrogens (tertiary/aromatic N) is 1. The summed E-state index contributed by atoms with van der Waals surface area (Å²) < 4.78 is 5.14. The number of likely N-dealkylation sites (tertiary alicyclic amines) is 1. The molecule has 0 aromatic heterocycles. The van der Waals surface area contributed by atoms with Crippen molar-refractivity contribution in [1.82, 2.24) is 4.90 Å². The van der Waals surface area contributed by atoms with Crippen molar-refractivity contribution < 1.29 is 9.84 Å². The summed E-state index contributed by atoms with van der Waals surface area (Å²) in [6.07, 6.45) is 2.51. The Bertz CT molecular complexity index is 460. The number of hydrogen-bond donors (Lipinski definition) is 1. The number of rotatable bonds is 3. The van der Waals surface area contributed by atoms with Gasteiger partial charge in [0.25, 0.3) is 0 Å². The minimum Gasteiger partial charge on any atom is -0.503 e. The third-order valence-corrected chi connectivity index (χ3v) is 3.98. The number of phenols is 1. The molecule has 106 valence electrons. The number of halogens is 1. The number of hydrogen-bond acceptors (Lipinski definition) is 3. The summed E-state index contributed by atoms with van der Waals surface area (Å²) in [5.41, 5.74) is 1.46. The van der Waals surface area contributed by atoms with E-state index in [4.69, 9.17) is 16.3 Å². The van der Waals surface area contributed by atoms with E-state index in [2.05, 4.69) is 18.7 Å². The minimum absolute atomic E-state index is 0.0203. The first-order valence-electron chi connectivity index (χ1n) is 6.69. The molecule has 0 atom stereocenters. The maximum Gasteiger partial charge on any atom is 0.176 e. The molecule has 19 heavy (non-hydrogen) atoms. The van der Waals surface area contributed by atoms with E-state index in [1.165, 1.54) is 12.8 Å². The van der Waals surface area contributed by atoms with Gasteiger partial charge in [0.05, 0.1) is 12.1 Å². The first-order valence-corrected chi connectivity index (χ1v) is 7.07. The number of methoxy groups -OCH3 is 1. The maximum absolute atomic E-state index is 9.74. The van der Waals surface area contributed by atoms with Crippen LogP contribution in [0.25, 0.3) is 0 Å². The lowest BCUT2D eigenvalue weighted by Crippen LogP contribution is -2.39. The quantitative estimate of drug-likeness (QED) is 0.919. The summed E-state index contributed by atoms with van der Waals surface area (Å²) in [4.78, 5) is 2.44. The van der Waals surface area contributed by atoms with Gasteiger partial charge in [-0.25, -0.2) is 0 Å². The molecule has 3 nitrogen and oxygen atoms in total. The van der Waals surface area contributed by atoms with Crippen molar-refractivity contribution >= 4 is 11.6 Å². The highest BCUT2D eigenvalue weighted by molar-refractivity contribution is 6.32. The van der Waals surface area contributed by atoms with Crippen molar-refractivity contribution in [3.05, 3.63) is 22.7 Å². The fraction of sp³-hybridized carbons (Fsp3) is 0.600. The average Bonchev–Trinajstić information content (AvgIpc) is 2.32. The van der Waals surface area contributed by atoms with Crippen molar-refractivity contribution in [1.29, 1.82) is 0 Å². The van der Waals surface area contributed by atoms with Gasteiger partial charge in [-0.2, -0.15) is 0 Å². The molecule has 1 N–H and O–H groups in total. The van der Waals surface area contributed by atoms with Gasteiger partial charge in [-0.05, 0) is 42.5 Å². The zero-order chi connectivity index (χ0) is 14.0. The molecule has 0 unspecified atom stereocenters. The predicted molar refractivity (Wildman–Crippen MR) is 78.0 cm³/mol. The van der Waals surface area contributed by atoms with E-state index < -0.39 is 0 Å². The molecule has 1 aromatic carbocycles. The zero-order valence-corrected chi connectivity index (χ0v) is 12.6. The van der Waals surface area contributed by atoms with Crippen LogP contribution in [-0.2, 0) is 6.54 Å². The van der Waals surface area contributed by atoms with Gasteiger partial charge in [-0.3, -0.25) is 4.90 Å². The molecule has 0 radical (unpaired) electrons. The summed E-state index contributed by atoms with van der Waals surface area (Å²) in [6.45, 7) is 7.67. The van der Waals surface area contributed by atoms with E-state index in [0.29, 0.717) is 16.2 Å². The molecule has 1 aliphatic rings. The van der Waals surface area contributed by atoms with E-state index in [1.54, 1.807) is 7.11 Å². The molecular weight excluding hydrogens is 262 g/mol. The second-order valence-electron chi connectivity index (χ2n) is 6.11. The molecule has 1 heterocycles. The third kappa shape index (κ3) is 3.54. The molecule has 0 amide bonds. The number of phenolic OH excluding ortho intramolecular Hbond substituents is 1. The topological polar surface area (TPSA) is 32.7 Å². The molecule has 0 spiro atoms. The second-order valence-corrected chi connectivity index (χ2v) is 6.51. The Kier molecular flexibility index (Phi) is 4.26. The molecule has 2 rings (SSSR count). The Hall–Kier alpha value is -0.930. The van der Waals surface area contributed by atoms with Crippen LogP contribution in [0.5, 0.6) is 11.5 Å². The van der Waals surface area contributed by atoms with E-state index in [-0.39, 0.29) is 5.75 Å². The fourth-order valence-corrected chi connectivity index (χ4v) is 3.05. The van der Waals surface area contributed by atoms with Crippen molar-refractivity contribution in [2.45, 2.75) is 33.2 Å². The number of benzene rings is 1. The van der Waals surface area contributed by atoms with Gasteiger partial charge in [0.2, 0.25) is 0 Å². The number of aromatic hydroxyl groups is 1. The van der Waals surface area contributed by atoms with Crippen LogP contribution in [0.1, 0.15) is 32.3 Å². The Morgan fingerprint density at radius 1 is 1.42 bits per heavy atom. The van der Waals surface area contributed by atoms with E-state index in [9.17, 15) is 5.11 Å². The third-order valence-electron chi connectivity index (χ3n) is 3.69. The lowest BCUT2D eigenvalue weighted by atomic mass is 9.84. The van der Waals surface area contributed by atoms with E-state index in [1.807, 2.05) is 12.1 Å². The average molecular weight is 284 g/mol. The van der Waals surface area contributed by atoms with Crippen LogP contribution in [-0.4, -0.2) is 30.2 Å². The highest BCUT2D eigenvalue weighted by Gasteiger charge is 2.26. The van der Waals surface area contributed by atoms with Crippen molar-refractivity contribution in [2.24, 2.45) is 5.41 Å². The van der Waals surface area contributed by atoms with Gasteiger partial charge in [-0.15, -0.1) is 0 Å². The Labute approximate surface area is 120 Å². The van der Waals surface area contributed by atoms with Crippen LogP contribution in [0.15, 0.2) is 12.1 Å². The normalized spacial score (nSPS) is 19.4. The molecule has 0 bridgehead atoms. The van der Waals surface area contributed by atoms with Crippen LogP contribution in [0, 0.1) is 5.41 Å². The predicted octanol–water partition coefficient (Wildman–Crippen LogP) is 3.68. The molecule has 4 heteroatoms. The monoisotopic (exact) mass is 283 g/mol. The van der Waals surface area contributed by atoms with Gasteiger partial charge in [0, 0.05) is 13.1 Å². The minimum atomic E-state index is 0.0203. The highest BCUT2D eigenvalue weighted by atomic mass is 35.5. The van der Waals surface area contributed by atoms with Gasteiger partial charge >= 0.3 is 0 Å². The number of ether oxygens (including phenoxy) is 1. The summed E-state index contributed by atoms with van der Waals surface area (Å²) in [6, 6.07) is 3.68. The lowest BCUT2D eigenvalue weighted by Gasteiger charge is -2.38. The van der Waals surface area contributed by atoms with Crippen LogP contribution in [0.4, 0.5) is 0 Å². The molecule has 1 aromatic rings. The fourth-order valence-electron chi connectivity index (χ4n) is 2.81. The Morgan fingerprint density at radius 2 is 2.16 bits per heavy atom. The smallest absolute Gasteiger partial charge is 0.176 e. The largest absolute Gasteiger partial charge is 0.503 e. The molecule has 0 saturated carbocycles. The van der Waals surface area contributed by atoms with Crippen LogP contribution >= 0.6 is 11.6 Å². The summed E-state index contributed by atoms with van der Waals surface area (Å²) in [7, 11) is 1.54. The summed E-state index contributed by atoms with van der Waals surface area (Å²) in [5, 5.41) is 10.1. The van der Waals surface area contributed by atoms with Gasteiger partial charge in [0.15, 0.2) is 11.5 Å². The SMILES string of the molecule is COc1cc(CN2CCCC(C)(C)C2)cc(Cl)c1O. The lowest BCUT2D eigenvalue weighted by molar-refractivity contribution is 0.111. The van der Waals surface area contributed by atoms with Gasteiger partial charge in [0.1, 0.15) is 0 Å². The first-order chi connectivity index (χ1) is 8.91. The molecule has 1 saturated heterocycles. The molecule has 0 aliphatic carbocycles. The van der Waals surface area contributed by atoms with Gasteiger partial charge in [-0.1, -0.05) is 25.4 Å². The Balaban J connectivity index is 2.13. The first kappa shape index (κ1) is 14.5. The van der Waals surface area contributed by atoms with Crippen molar-refractivity contribution in [3.63, 3.8) is 0 Å². The summed E-state index contributed by atoms with van der Waals surface area (Å²) in [5.74, 6) is 0.464. The van der Waals surface area contributed by atoms with Crippen molar-refractivity contribution in [2.75, 3.05) is 20.2 Å². The highest BCUT2D eigenvalue weighted by Crippen LogP contribution is 2.36. The van der Waals surface area contributed by atoms with E-state index >= 15 is 0 Å². The molecule has 1 fully saturated rings. The van der Waals surface area contributed by atoms with Crippen LogP contribution in [0.2, 0.25) is 5.02 Å². The van der Waals surface area contributed by atoms with Crippen LogP contribution in [0.3, 0.4) is 0 Å². The zero-order valence-electron chi connectivity index (χ0n) is 11.9. The Morgan fingerprint density at radius 3 is 2.79 bits per heavy atom. The maximum atomic E-state index is 9.74. The second kappa shape index (κ2) is 5.59. The van der Waals surface area contributed by atoms with Gasteiger partial charge < -0.3 is 9.84 Å². The number of piperidine rings is 1. The van der Waals surface area contributed by atoms with E-state index in [0.717, 1.165) is 25.2 Å². The molecule has 1 aliphatic heterocycles. The molecular formula is C15H22ClNO2. The van der Waals surface area contributed by atoms with Crippen molar-refractivity contribution in [3.8, 4) is 11.5 Å². The summed E-state index contributed by atoms with van der Waals surface area (Å²) >= 11 is 6.02.